The van der Waals surface area contributed by atoms with Gasteiger partial charge in [-0.2, -0.15) is 0 Å². The van der Waals surface area contributed by atoms with Crippen LogP contribution in [-0.4, -0.2) is 56.7 Å². The van der Waals surface area contributed by atoms with Crippen molar-refractivity contribution in [2.24, 2.45) is 0 Å². The summed E-state index contributed by atoms with van der Waals surface area (Å²) in [4.78, 5) is 28.7. The molecule has 1 aliphatic heterocycles. The standard InChI is InChI=1S/C22H28N4O3/c1-16-5-4-6-20(17(16)2)26-13-11-25(12-14-26)15-21(27)24-22(28)23-18-7-9-19(29-3)10-8-18/h4-10H,11-15H2,1-3H3,(H2,23,24,27,28). The van der Waals surface area contributed by atoms with Gasteiger partial charge in [0.1, 0.15) is 5.75 Å². The zero-order valence-electron chi connectivity index (χ0n) is 17.2. The summed E-state index contributed by atoms with van der Waals surface area (Å²) in [6.07, 6.45) is 0. The number of amides is 3. The molecule has 1 fully saturated rings. The summed E-state index contributed by atoms with van der Waals surface area (Å²) in [7, 11) is 1.58. The molecule has 2 aromatic carbocycles. The highest BCUT2D eigenvalue weighted by molar-refractivity contribution is 6.01. The summed E-state index contributed by atoms with van der Waals surface area (Å²) in [6, 6.07) is 12.7. The summed E-state index contributed by atoms with van der Waals surface area (Å²) in [5.41, 5.74) is 4.44. The molecule has 0 bridgehead atoms. The number of hydrogen-bond donors (Lipinski definition) is 2. The molecular weight excluding hydrogens is 368 g/mol. The Morgan fingerprint density at radius 1 is 1.00 bits per heavy atom. The van der Waals surface area contributed by atoms with Crippen LogP contribution in [0.3, 0.4) is 0 Å². The van der Waals surface area contributed by atoms with Crippen molar-refractivity contribution in [1.82, 2.24) is 10.2 Å². The quantitative estimate of drug-likeness (QED) is 0.813. The van der Waals surface area contributed by atoms with E-state index in [1.807, 2.05) is 0 Å². The highest BCUT2D eigenvalue weighted by atomic mass is 16.5. The average Bonchev–Trinajstić information content (AvgIpc) is 2.71. The maximum Gasteiger partial charge on any atom is 0.325 e. The van der Waals surface area contributed by atoms with Gasteiger partial charge in [0.15, 0.2) is 0 Å². The number of hydrogen-bond acceptors (Lipinski definition) is 5. The lowest BCUT2D eigenvalue weighted by Crippen LogP contribution is -2.50. The van der Waals surface area contributed by atoms with Gasteiger partial charge in [0, 0.05) is 37.6 Å². The van der Waals surface area contributed by atoms with Crippen LogP contribution < -0.4 is 20.3 Å². The van der Waals surface area contributed by atoms with Crippen LogP contribution in [0.2, 0.25) is 0 Å². The van der Waals surface area contributed by atoms with E-state index in [0.29, 0.717) is 11.4 Å². The Labute approximate surface area is 171 Å². The number of carbonyl (C=O) groups excluding carboxylic acids is 2. The number of benzene rings is 2. The van der Waals surface area contributed by atoms with Crippen molar-refractivity contribution >= 4 is 23.3 Å². The fourth-order valence-electron chi connectivity index (χ4n) is 3.43. The number of ether oxygens (including phenoxy) is 1. The van der Waals surface area contributed by atoms with Crippen LogP contribution in [0.4, 0.5) is 16.2 Å². The Kier molecular flexibility index (Phi) is 6.72. The Hall–Kier alpha value is -3.06. The minimum absolute atomic E-state index is 0.205. The van der Waals surface area contributed by atoms with Crippen molar-refractivity contribution in [3.63, 3.8) is 0 Å². The van der Waals surface area contributed by atoms with Gasteiger partial charge in [-0.1, -0.05) is 12.1 Å². The van der Waals surface area contributed by atoms with Gasteiger partial charge in [-0.3, -0.25) is 15.0 Å². The summed E-state index contributed by atoms with van der Waals surface area (Å²) >= 11 is 0. The molecule has 0 spiro atoms. The molecule has 3 rings (SSSR count). The van der Waals surface area contributed by atoms with E-state index < -0.39 is 6.03 Å². The van der Waals surface area contributed by atoms with Crippen LogP contribution in [0, 0.1) is 13.8 Å². The van der Waals surface area contributed by atoms with Crippen molar-refractivity contribution in [3.8, 4) is 5.75 Å². The topological polar surface area (TPSA) is 73.9 Å². The number of nitrogens with one attached hydrogen (secondary N) is 2. The van der Waals surface area contributed by atoms with Gasteiger partial charge < -0.3 is 15.0 Å². The normalized spacial score (nSPS) is 14.4. The molecule has 154 valence electrons. The van der Waals surface area contributed by atoms with Crippen molar-refractivity contribution in [1.29, 1.82) is 0 Å². The van der Waals surface area contributed by atoms with Crippen molar-refractivity contribution in [3.05, 3.63) is 53.6 Å². The fraction of sp³-hybridized carbons (Fsp3) is 0.364. The van der Waals surface area contributed by atoms with Gasteiger partial charge in [-0.25, -0.2) is 4.79 Å². The second-order valence-electron chi connectivity index (χ2n) is 7.21. The molecular formula is C22H28N4O3. The summed E-state index contributed by atoms with van der Waals surface area (Å²) in [6.45, 7) is 7.74. The van der Waals surface area contributed by atoms with Crippen LogP contribution in [0.15, 0.2) is 42.5 Å². The Bertz CT molecular complexity index is 859. The van der Waals surface area contributed by atoms with E-state index in [4.69, 9.17) is 4.74 Å². The summed E-state index contributed by atoms with van der Waals surface area (Å²) < 4.78 is 5.08. The van der Waals surface area contributed by atoms with Crippen LogP contribution in [0.1, 0.15) is 11.1 Å². The molecule has 0 unspecified atom stereocenters. The van der Waals surface area contributed by atoms with Gasteiger partial charge in [-0.15, -0.1) is 0 Å². The number of methoxy groups -OCH3 is 1. The highest BCUT2D eigenvalue weighted by Crippen LogP contribution is 2.23. The van der Waals surface area contributed by atoms with Gasteiger partial charge >= 0.3 is 6.03 Å². The molecule has 0 atom stereocenters. The average molecular weight is 396 g/mol. The van der Waals surface area contributed by atoms with Gasteiger partial charge in [0.2, 0.25) is 5.91 Å². The second kappa shape index (κ2) is 9.43. The third-order valence-corrected chi connectivity index (χ3v) is 5.26. The van der Waals surface area contributed by atoms with E-state index in [-0.39, 0.29) is 12.5 Å². The lowest BCUT2D eigenvalue weighted by Gasteiger charge is -2.36. The maximum absolute atomic E-state index is 12.2. The fourth-order valence-corrected chi connectivity index (χ4v) is 3.43. The first-order valence-corrected chi connectivity index (χ1v) is 9.74. The smallest absolute Gasteiger partial charge is 0.325 e. The van der Waals surface area contributed by atoms with Gasteiger partial charge in [0.05, 0.1) is 13.7 Å². The minimum atomic E-state index is -0.533. The SMILES string of the molecule is COc1ccc(NC(=O)NC(=O)CN2CCN(c3cccc(C)c3C)CC2)cc1. The third-order valence-electron chi connectivity index (χ3n) is 5.26. The molecule has 1 aliphatic rings. The first-order valence-electron chi connectivity index (χ1n) is 9.74. The molecule has 2 aromatic rings. The van der Waals surface area contributed by atoms with E-state index in [1.165, 1.54) is 16.8 Å². The lowest BCUT2D eigenvalue weighted by atomic mass is 10.1. The van der Waals surface area contributed by atoms with Crippen LogP contribution in [-0.2, 0) is 4.79 Å². The molecule has 29 heavy (non-hydrogen) atoms. The number of piperazine rings is 1. The molecule has 0 radical (unpaired) electrons. The van der Waals surface area contributed by atoms with Gasteiger partial charge in [0.25, 0.3) is 0 Å². The van der Waals surface area contributed by atoms with Crippen LogP contribution >= 0.6 is 0 Å². The van der Waals surface area contributed by atoms with Crippen molar-refractivity contribution in [2.75, 3.05) is 50.1 Å². The van der Waals surface area contributed by atoms with E-state index in [9.17, 15) is 9.59 Å². The number of aryl methyl sites for hydroxylation is 1. The molecule has 0 saturated carbocycles. The van der Waals surface area contributed by atoms with E-state index in [2.05, 4.69) is 52.5 Å². The van der Waals surface area contributed by atoms with Gasteiger partial charge in [-0.05, 0) is 55.3 Å². The number of rotatable bonds is 5. The zero-order valence-corrected chi connectivity index (χ0v) is 17.2. The first-order chi connectivity index (χ1) is 14.0. The highest BCUT2D eigenvalue weighted by Gasteiger charge is 2.21. The molecule has 0 aliphatic carbocycles. The van der Waals surface area contributed by atoms with Crippen LogP contribution in [0.25, 0.3) is 0 Å². The number of urea groups is 1. The monoisotopic (exact) mass is 396 g/mol. The maximum atomic E-state index is 12.2. The van der Waals surface area contributed by atoms with Crippen LogP contribution in [0.5, 0.6) is 5.75 Å². The molecule has 7 heteroatoms. The Balaban J connectivity index is 1.44. The molecule has 2 N–H and O–H groups in total. The number of imide groups is 1. The second-order valence-corrected chi connectivity index (χ2v) is 7.21. The summed E-state index contributed by atoms with van der Waals surface area (Å²) in [5.74, 6) is 0.392. The number of anilines is 2. The number of carbonyl (C=O) groups is 2. The Morgan fingerprint density at radius 2 is 1.69 bits per heavy atom. The lowest BCUT2D eigenvalue weighted by molar-refractivity contribution is -0.121. The molecule has 1 saturated heterocycles. The van der Waals surface area contributed by atoms with Crippen molar-refractivity contribution in [2.45, 2.75) is 13.8 Å². The molecule has 0 aromatic heterocycles. The zero-order chi connectivity index (χ0) is 20.8. The van der Waals surface area contributed by atoms with E-state index in [1.54, 1.807) is 31.4 Å². The first kappa shape index (κ1) is 20.7. The summed E-state index contributed by atoms with van der Waals surface area (Å²) in [5, 5.41) is 5.04. The third kappa shape index (κ3) is 5.48. The molecule has 7 nitrogen and oxygen atoms in total. The van der Waals surface area contributed by atoms with Crippen molar-refractivity contribution < 1.29 is 14.3 Å². The number of nitrogens with zero attached hydrogens (tertiary/aromatic N) is 2. The predicted octanol–water partition coefficient (Wildman–Crippen LogP) is 2.78. The van der Waals surface area contributed by atoms with E-state index >= 15 is 0 Å². The van der Waals surface area contributed by atoms with E-state index in [0.717, 1.165) is 26.2 Å². The minimum Gasteiger partial charge on any atom is -0.497 e. The Morgan fingerprint density at radius 3 is 2.34 bits per heavy atom. The largest absolute Gasteiger partial charge is 0.497 e. The molecule has 3 amide bonds. The molecule has 1 heterocycles. The predicted molar refractivity (Wildman–Crippen MR) is 115 cm³/mol.